The van der Waals surface area contributed by atoms with Gasteiger partial charge in [0.1, 0.15) is 11.6 Å². The standard InChI is InChI=1S/C21H18Cl2FN5S/c22-15-1-2-16(24)19(23)18(15)17-7-13-14(9-27-21(25)20(13)30-17)11-8-28-29(10-11)12-3-5-26-6-4-12/h1-2,7-10,12,26H,3-6H2,(H2,25,27). The van der Waals surface area contributed by atoms with E-state index in [1.54, 1.807) is 6.20 Å². The minimum Gasteiger partial charge on any atom is -0.383 e. The first-order valence-corrected chi connectivity index (χ1v) is 11.2. The van der Waals surface area contributed by atoms with Crippen LogP contribution in [0.4, 0.5) is 10.2 Å². The van der Waals surface area contributed by atoms with E-state index in [0.717, 1.165) is 52.0 Å². The van der Waals surface area contributed by atoms with E-state index in [1.165, 1.54) is 23.5 Å². The van der Waals surface area contributed by atoms with E-state index in [2.05, 4.69) is 21.6 Å². The molecule has 30 heavy (non-hydrogen) atoms. The second kappa shape index (κ2) is 7.81. The van der Waals surface area contributed by atoms with Gasteiger partial charge in [-0.3, -0.25) is 4.68 Å². The third kappa shape index (κ3) is 3.36. The number of pyridine rings is 1. The smallest absolute Gasteiger partial charge is 0.142 e. The highest BCUT2D eigenvalue weighted by Gasteiger charge is 2.20. The van der Waals surface area contributed by atoms with Gasteiger partial charge in [-0.05, 0) is 44.1 Å². The van der Waals surface area contributed by atoms with Gasteiger partial charge in [-0.15, -0.1) is 11.3 Å². The summed E-state index contributed by atoms with van der Waals surface area (Å²) in [5.74, 6) is -0.0949. The number of piperidine rings is 1. The lowest BCUT2D eigenvalue weighted by atomic mass is 10.1. The molecule has 0 aliphatic carbocycles. The Kier molecular flexibility index (Phi) is 5.14. The van der Waals surface area contributed by atoms with Crippen molar-refractivity contribution in [1.82, 2.24) is 20.1 Å². The zero-order chi connectivity index (χ0) is 20.8. The molecule has 5 nitrogen and oxygen atoms in total. The molecule has 0 bridgehead atoms. The lowest BCUT2D eigenvalue weighted by Crippen LogP contribution is -2.29. The Morgan fingerprint density at radius 2 is 2.00 bits per heavy atom. The van der Waals surface area contributed by atoms with Crippen LogP contribution < -0.4 is 11.1 Å². The first kappa shape index (κ1) is 19.8. The Hall–Kier alpha value is -2.19. The summed E-state index contributed by atoms with van der Waals surface area (Å²) in [5.41, 5.74) is 8.51. The number of nitrogens with zero attached hydrogens (tertiary/aromatic N) is 3. The van der Waals surface area contributed by atoms with Gasteiger partial charge in [0.15, 0.2) is 0 Å². The minimum atomic E-state index is -0.511. The molecule has 154 valence electrons. The SMILES string of the molecule is Nc1ncc(-c2cnn(C3CCNCC3)c2)c2cc(-c3c(Cl)ccc(F)c3Cl)sc12. The van der Waals surface area contributed by atoms with Crippen LogP contribution in [0.15, 0.2) is 36.8 Å². The summed E-state index contributed by atoms with van der Waals surface area (Å²) in [7, 11) is 0. The number of aromatic nitrogens is 3. The first-order valence-electron chi connectivity index (χ1n) is 9.60. The minimum absolute atomic E-state index is 0.000800. The van der Waals surface area contributed by atoms with Crippen LogP contribution in [0.1, 0.15) is 18.9 Å². The molecule has 0 unspecified atom stereocenters. The third-order valence-corrected chi connectivity index (χ3v) is 7.33. The van der Waals surface area contributed by atoms with E-state index in [1.807, 2.05) is 16.9 Å². The van der Waals surface area contributed by atoms with Gasteiger partial charge in [-0.1, -0.05) is 23.2 Å². The monoisotopic (exact) mass is 461 g/mol. The lowest BCUT2D eigenvalue weighted by molar-refractivity contribution is 0.343. The van der Waals surface area contributed by atoms with Gasteiger partial charge in [-0.2, -0.15) is 5.10 Å². The molecule has 0 spiro atoms. The van der Waals surface area contributed by atoms with Gasteiger partial charge in [0, 0.05) is 39.3 Å². The van der Waals surface area contributed by atoms with Gasteiger partial charge in [0.2, 0.25) is 0 Å². The number of halogens is 3. The summed E-state index contributed by atoms with van der Waals surface area (Å²) >= 11 is 14.0. The molecular formula is C21H18Cl2FN5S. The highest BCUT2D eigenvalue weighted by molar-refractivity contribution is 7.23. The Morgan fingerprint density at radius 3 is 2.80 bits per heavy atom. The van der Waals surface area contributed by atoms with Crippen molar-refractivity contribution in [1.29, 1.82) is 0 Å². The molecule has 1 saturated heterocycles. The molecule has 5 rings (SSSR count). The van der Waals surface area contributed by atoms with E-state index in [4.69, 9.17) is 28.9 Å². The summed E-state index contributed by atoms with van der Waals surface area (Å²) in [5, 5.41) is 9.27. The molecular weight excluding hydrogens is 444 g/mol. The number of nitrogens with two attached hydrogens (primary N) is 1. The molecule has 3 N–H and O–H groups in total. The molecule has 0 radical (unpaired) electrons. The van der Waals surface area contributed by atoms with Gasteiger partial charge in [-0.25, -0.2) is 9.37 Å². The highest BCUT2D eigenvalue weighted by atomic mass is 35.5. The summed E-state index contributed by atoms with van der Waals surface area (Å²) in [6.45, 7) is 1.99. The maximum Gasteiger partial charge on any atom is 0.142 e. The molecule has 1 aromatic carbocycles. The second-order valence-electron chi connectivity index (χ2n) is 7.32. The Morgan fingerprint density at radius 1 is 1.20 bits per heavy atom. The predicted molar refractivity (Wildman–Crippen MR) is 122 cm³/mol. The summed E-state index contributed by atoms with van der Waals surface area (Å²) in [6.07, 6.45) is 7.77. The molecule has 9 heteroatoms. The molecule has 1 aliphatic rings. The fourth-order valence-corrected chi connectivity index (χ4v) is 5.73. The van der Waals surface area contributed by atoms with E-state index in [-0.39, 0.29) is 5.02 Å². The highest BCUT2D eigenvalue weighted by Crippen LogP contribution is 2.45. The normalized spacial score (nSPS) is 15.2. The second-order valence-corrected chi connectivity index (χ2v) is 9.16. The average Bonchev–Trinajstić information content (AvgIpc) is 3.41. The third-order valence-electron chi connectivity index (χ3n) is 5.47. The Bertz CT molecular complexity index is 1250. The van der Waals surface area contributed by atoms with Crippen molar-refractivity contribution >= 4 is 50.4 Å². The molecule has 1 aliphatic heterocycles. The van der Waals surface area contributed by atoms with Crippen LogP contribution in [0.25, 0.3) is 31.7 Å². The number of anilines is 1. The first-order chi connectivity index (χ1) is 14.5. The molecule has 1 fully saturated rings. The van der Waals surface area contributed by atoms with Crippen LogP contribution in [0, 0.1) is 5.82 Å². The number of rotatable bonds is 3. The Balaban J connectivity index is 1.62. The zero-order valence-electron chi connectivity index (χ0n) is 15.8. The van der Waals surface area contributed by atoms with Crippen LogP contribution in [0.3, 0.4) is 0 Å². The number of nitrogens with one attached hydrogen (secondary N) is 1. The lowest BCUT2D eigenvalue weighted by Gasteiger charge is -2.22. The average molecular weight is 462 g/mol. The van der Waals surface area contributed by atoms with Crippen molar-refractivity contribution in [3.05, 3.63) is 52.7 Å². The van der Waals surface area contributed by atoms with Crippen LogP contribution in [-0.4, -0.2) is 27.9 Å². The number of thiophene rings is 1. The number of nitrogen functional groups attached to an aromatic ring is 1. The van der Waals surface area contributed by atoms with Crippen molar-refractivity contribution in [2.75, 3.05) is 18.8 Å². The zero-order valence-corrected chi connectivity index (χ0v) is 18.2. The van der Waals surface area contributed by atoms with Crippen LogP contribution >= 0.6 is 34.5 Å². The molecule has 3 aromatic heterocycles. The van der Waals surface area contributed by atoms with Crippen LogP contribution in [0.2, 0.25) is 10.0 Å². The van der Waals surface area contributed by atoms with Crippen LogP contribution in [0.5, 0.6) is 0 Å². The summed E-state index contributed by atoms with van der Waals surface area (Å²) in [4.78, 5) is 5.12. The largest absolute Gasteiger partial charge is 0.383 e. The van der Waals surface area contributed by atoms with Crippen LogP contribution in [-0.2, 0) is 0 Å². The van der Waals surface area contributed by atoms with Crippen molar-refractivity contribution < 1.29 is 4.39 Å². The quantitative estimate of drug-likeness (QED) is 0.379. The van der Waals surface area contributed by atoms with E-state index >= 15 is 0 Å². The predicted octanol–water partition coefficient (Wildman–Crippen LogP) is 5.78. The van der Waals surface area contributed by atoms with Gasteiger partial charge in [0.25, 0.3) is 0 Å². The topological polar surface area (TPSA) is 68.8 Å². The number of fused-ring (bicyclic) bond motifs is 1. The van der Waals surface area contributed by atoms with Crippen molar-refractivity contribution in [2.45, 2.75) is 18.9 Å². The summed E-state index contributed by atoms with van der Waals surface area (Å²) < 4.78 is 16.9. The van der Waals surface area contributed by atoms with Crippen molar-refractivity contribution in [3.8, 4) is 21.6 Å². The summed E-state index contributed by atoms with van der Waals surface area (Å²) in [6, 6.07) is 5.11. The van der Waals surface area contributed by atoms with Crippen molar-refractivity contribution in [3.63, 3.8) is 0 Å². The van der Waals surface area contributed by atoms with Gasteiger partial charge < -0.3 is 11.1 Å². The fraction of sp³-hybridized carbons (Fsp3) is 0.238. The Labute approximate surface area is 186 Å². The molecule has 0 amide bonds. The molecule has 0 atom stereocenters. The molecule has 4 aromatic rings. The molecule has 4 heterocycles. The van der Waals surface area contributed by atoms with E-state index in [0.29, 0.717) is 22.4 Å². The van der Waals surface area contributed by atoms with E-state index in [9.17, 15) is 4.39 Å². The number of benzene rings is 1. The fourth-order valence-electron chi connectivity index (χ4n) is 3.90. The van der Waals surface area contributed by atoms with Crippen molar-refractivity contribution in [2.24, 2.45) is 0 Å². The maximum atomic E-state index is 14.1. The van der Waals surface area contributed by atoms with Gasteiger partial charge in [0.05, 0.1) is 27.0 Å². The number of hydrogen-bond donors (Lipinski definition) is 2. The van der Waals surface area contributed by atoms with Gasteiger partial charge >= 0.3 is 0 Å². The molecule has 0 saturated carbocycles. The number of hydrogen-bond acceptors (Lipinski definition) is 5. The van der Waals surface area contributed by atoms with E-state index < -0.39 is 5.82 Å². The maximum absolute atomic E-state index is 14.1.